The van der Waals surface area contributed by atoms with Crippen LogP contribution in [0.15, 0.2) is 11.2 Å². The molecule has 1 aromatic rings. The standard InChI is InChI=1S/C11H14ClN3O3/c1-11(2,3)7-4-8(12)15-9(18-10(13)16)6(7)5-14-17/h4H,5H2,1-3H3,(H2,13,16). The predicted molar refractivity (Wildman–Crippen MR) is 67.7 cm³/mol. The van der Waals surface area contributed by atoms with E-state index in [1.807, 2.05) is 20.8 Å². The molecule has 1 aromatic heterocycles. The molecule has 0 aromatic carbocycles. The molecule has 0 bridgehead atoms. The quantitative estimate of drug-likeness (QED) is 0.675. The van der Waals surface area contributed by atoms with Crippen LogP contribution in [0.25, 0.3) is 0 Å². The molecular formula is C11H14ClN3O3. The molecule has 18 heavy (non-hydrogen) atoms. The van der Waals surface area contributed by atoms with E-state index in [2.05, 4.69) is 10.2 Å². The SMILES string of the molecule is CC(C)(C)c1cc(Cl)nc(OC(N)=O)c1CN=O. The Bertz CT molecular complexity index is 483. The molecule has 0 radical (unpaired) electrons. The lowest BCUT2D eigenvalue weighted by atomic mass is 9.84. The summed E-state index contributed by atoms with van der Waals surface area (Å²) in [4.78, 5) is 25.1. The normalized spacial score (nSPS) is 11.1. The van der Waals surface area contributed by atoms with Crippen molar-refractivity contribution < 1.29 is 9.53 Å². The van der Waals surface area contributed by atoms with Crippen LogP contribution in [0, 0.1) is 4.91 Å². The first-order chi connectivity index (χ1) is 8.25. The fraction of sp³-hybridized carbons (Fsp3) is 0.455. The first-order valence-electron chi connectivity index (χ1n) is 5.22. The van der Waals surface area contributed by atoms with Crippen LogP contribution in [-0.4, -0.2) is 11.1 Å². The Labute approximate surface area is 109 Å². The van der Waals surface area contributed by atoms with E-state index in [0.717, 1.165) is 5.56 Å². The topological polar surface area (TPSA) is 94.6 Å². The molecule has 1 amide bonds. The second-order valence-corrected chi connectivity index (χ2v) is 5.12. The fourth-order valence-electron chi connectivity index (χ4n) is 1.58. The van der Waals surface area contributed by atoms with Gasteiger partial charge in [-0.2, -0.15) is 4.91 Å². The maximum atomic E-state index is 10.8. The van der Waals surface area contributed by atoms with Crippen LogP contribution in [0.2, 0.25) is 5.15 Å². The van der Waals surface area contributed by atoms with Crippen molar-refractivity contribution in [2.24, 2.45) is 10.9 Å². The summed E-state index contributed by atoms with van der Waals surface area (Å²) in [7, 11) is 0. The third-order valence-corrected chi connectivity index (χ3v) is 2.48. The number of nitrogens with zero attached hydrogens (tertiary/aromatic N) is 2. The molecule has 0 saturated carbocycles. The second-order valence-electron chi connectivity index (χ2n) is 4.73. The predicted octanol–water partition coefficient (Wildman–Crippen LogP) is 2.76. The van der Waals surface area contributed by atoms with E-state index < -0.39 is 6.09 Å². The van der Waals surface area contributed by atoms with Gasteiger partial charge in [-0.05, 0) is 17.0 Å². The number of carbonyl (C=O) groups excluding carboxylic acids is 1. The lowest BCUT2D eigenvalue weighted by Crippen LogP contribution is -2.21. The molecule has 0 saturated heterocycles. The number of rotatable bonds is 3. The summed E-state index contributed by atoms with van der Waals surface area (Å²) in [5.74, 6) is -0.0699. The van der Waals surface area contributed by atoms with E-state index >= 15 is 0 Å². The largest absolute Gasteiger partial charge is 0.411 e. The minimum atomic E-state index is -1.02. The molecule has 0 aliphatic rings. The van der Waals surface area contributed by atoms with E-state index in [0.29, 0.717) is 5.56 Å². The first kappa shape index (κ1) is 14.4. The van der Waals surface area contributed by atoms with E-state index in [4.69, 9.17) is 22.1 Å². The Morgan fingerprint density at radius 1 is 1.56 bits per heavy atom. The number of primary amides is 1. The van der Waals surface area contributed by atoms with Gasteiger partial charge in [0.1, 0.15) is 11.7 Å². The van der Waals surface area contributed by atoms with Gasteiger partial charge in [-0.25, -0.2) is 9.78 Å². The summed E-state index contributed by atoms with van der Waals surface area (Å²) in [6, 6.07) is 1.62. The van der Waals surface area contributed by atoms with Gasteiger partial charge in [0.2, 0.25) is 5.88 Å². The number of amides is 1. The zero-order valence-corrected chi connectivity index (χ0v) is 11.1. The fourth-order valence-corrected chi connectivity index (χ4v) is 1.77. The van der Waals surface area contributed by atoms with Gasteiger partial charge in [-0.1, -0.05) is 37.5 Å². The number of hydrogen-bond donors (Lipinski definition) is 1. The summed E-state index contributed by atoms with van der Waals surface area (Å²) in [6.07, 6.45) is -1.02. The zero-order valence-electron chi connectivity index (χ0n) is 10.4. The molecule has 1 rings (SSSR count). The number of nitrogens with two attached hydrogens (primary N) is 1. The van der Waals surface area contributed by atoms with Crippen LogP contribution in [0.1, 0.15) is 31.9 Å². The molecule has 0 unspecified atom stereocenters. The summed E-state index contributed by atoms with van der Waals surface area (Å²) in [6.45, 7) is 5.63. The van der Waals surface area contributed by atoms with Crippen molar-refractivity contribution in [3.05, 3.63) is 27.3 Å². The van der Waals surface area contributed by atoms with Crippen molar-refractivity contribution in [3.63, 3.8) is 0 Å². The number of halogens is 1. The van der Waals surface area contributed by atoms with Crippen molar-refractivity contribution in [1.82, 2.24) is 4.98 Å². The highest BCUT2D eigenvalue weighted by atomic mass is 35.5. The van der Waals surface area contributed by atoms with Gasteiger partial charge < -0.3 is 10.5 Å². The van der Waals surface area contributed by atoms with Crippen molar-refractivity contribution in [1.29, 1.82) is 0 Å². The van der Waals surface area contributed by atoms with Gasteiger partial charge in [0.05, 0.1) is 0 Å². The molecule has 1 heterocycles. The summed E-state index contributed by atoms with van der Waals surface area (Å²) < 4.78 is 4.76. The van der Waals surface area contributed by atoms with Gasteiger partial charge >= 0.3 is 6.09 Å². The maximum Gasteiger partial charge on any atom is 0.411 e. The van der Waals surface area contributed by atoms with E-state index in [1.54, 1.807) is 6.07 Å². The van der Waals surface area contributed by atoms with E-state index in [-0.39, 0.29) is 23.0 Å². The van der Waals surface area contributed by atoms with Crippen molar-refractivity contribution >= 4 is 17.7 Å². The molecule has 7 heteroatoms. The van der Waals surface area contributed by atoms with Crippen LogP contribution < -0.4 is 10.5 Å². The number of hydrogen-bond acceptors (Lipinski definition) is 5. The number of pyridine rings is 1. The van der Waals surface area contributed by atoms with Crippen molar-refractivity contribution in [2.45, 2.75) is 32.7 Å². The van der Waals surface area contributed by atoms with Gasteiger partial charge in [-0.3, -0.25) is 0 Å². The average Bonchev–Trinajstić information content (AvgIpc) is 2.19. The monoisotopic (exact) mass is 271 g/mol. The smallest absolute Gasteiger partial charge is 0.391 e. The Morgan fingerprint density at radius 2 is 2.17 bits per heavy atom. The number of ether oxygens (including phenoxy) is 1. The third kappa shape index (κ3) is 3.40. The molecule has 0 atom stereocenters. The highest BCUT2D eigenvalue weighted by Crippen LogP contribution is 2.33. The minimum Gasteiger partial charge on any atom is -0.391 e. The van der Waals surface area contributed by atoms with E-state index in [9.17, 15) is 9.70 Å². The Hall–Kier alpha value is -1.69. The minimum absolute atomic E-state index is 0.0699. The Morgan fingerprint density at radius 3 is 2.61 bits per heavy atom. The van der Waals surface area contributed by atoms with Crippen LogP contribution >= 0.6 is 11.6 Å². The molecule has 0 fully saturated rings. The molecule has 6 nitrogen and oxygen atoms in total. The number of carbonyl (C=O) groups is 1. The van der Waals surface area contributed by atoms with Gasteiger partial charge in [0.15, 0.2) is 0 Å². The van der Waals surface area contributed by atoms with Crippen LogP contribution in [-0.2, 0) is 12.0 Å². The maximum absolute atomic E-state index is 10.8. The van der Waals surface area contributed by atoms with Crippen LogP contribution in [0.5, 0.6) is 5.88 Å². The number of nitroso groups, excluding NO2 is 1. The molecular weight excluding hydrogens is 258 g/mol. The molecule has 98 valence electrons. The average molecular weight is 272 g/mol. The lowest BCUT2D eigenvalue weighted by molar-refractivity contribution is 0.208. The Kier molecular flexibility index (Phi) is 4.24. The summed E-state index contributed by atoms with van der Waals surface area (Å²) in [5, 5.41) is 2.97. The van der Waals surface area contributed by atoms with Crippen molar-refractivity contribution in [3.8, 4) is 5.88 Å². The molecule has 2 N–H and O–H groups in total. The third-order valence-electron chi connectivity index (χ3n) is 2.28. The second kappa shape index (κ2) is 5.30. The van der Waals surface area contributed by atoms with Crippen molar-refractivity contribution in [2.75, 3.05) is 0 Å². The number of aromatic nitrogens is 1. The van der Waals surface area contributed by atoms with E-state index in [1.165, 1.54) is 0 Å². The molecule has 0 aliphatic heterocycles. The lowest BCUT2D eigenvalue weighted by Gasteiger charge is -2.23. The first-order valence-corrected chi connectivity index (χ1v) is 5.59. The molecule has 0 spiro atoms. The van der Waals surface area contributed by atoms with Gasteiger partial charge in [-0.15, -0.1) is 0 Å². The van der Waals surface area contributed by atoms with Crippen LogP contribution in [0.3, 0.4) is 0 Å². The van der Waals surface area contributed by atoms with Gasteiger partial charge in [0.25, 0.3) is 0 Å². The summed E-state index contributed by atoms with van der Waals surface area (Å²) >= 11 is 5.86. The summed E-state index contributed by atoms with van der Waals surface area (Å²) in [5.41, 5.74) is 5.79. The highest BCUT2D eigenvalue weighted by Gasteiger charge is 2.24. The van der Waals surface area contributed by atoms with Crippen LogP contribution in [0.4, 0.5) is 4.79 Å². The zero-order chi connectivity index (χ0) is 13.9. The Balaban J connectivity index is 3.45. The molecule has 0 aliphatic carbocycles. The highest BCUT2D eigenvalue weighted by molar-refractivity contribution is 6.29. The van der Waals surface area contributed by atoms with Gasteiger partial charge in [0, 0.05) is 5.56 Å².